The molecule has 9 nitrogen and oxygen atoms in total. The summed E-state index contributed by atoms with van der Waals surface area (Å²) in [6, 6.07) is -2.16. The third-order valence-electron chi connectivity index (χ3n) is 2.21. The number of urea groups is 1. The van der Waals surface area contributed by atoms with Gasteiger partial charge in [-0.1, -0.05) is 11.3 Å². The first-order valence-electron chi connectivity index (χ1n) is 5.43. The number of H-pyrrole nitrogens is 1. The zero-order valence-corrected chi connectivity index (χ0v) is 11.3. The largest absolute Gasteiger partial charge is 0.480 e. The van der Waals surface area contributed by atoms with Crippen LogP contribution in [-0.2, 0) is 20.9 Å². The molecule has 20 heavy (non-hydrogen) atoms. The number of carboxylic acids is 1. The average molecular weight is 303 g/mol. The van der Waals surface area contributed by atoms with E-state index in [9.17, 15) is 19.2 Å². The van der Waals surface area contributed by atoms with Crippen LogP contribution in [0.2, 0.25) is 0 Å². The number of aliphatic carboxylic acids is 1. The minimum absolute atomic E-state index is 0.0368. The lowest BCUT2D eigenvalue weighted by molar-refractivity contribution is -0.147. The number of carboxylic acid groups (broad SMARTS) is 1. The molecule has 0 saturated heterocycles. The summed E-state index contributed by atoms with van der Waals surface area (Å²) >= 11 is 0.948. The second-order valence-corrected chi connectivity index (χ2v) is 4.51. The van der Waals surface area contributed by atoms with Crippen molar-refractivity contribution in [2.45, 2.75) is 19.0 Å². The number of methoxy groups -OCH3 is 1. The molecule has 1 aromatic rings. The van der Waals surface area contributed by atoms with Crippen molar-refractivity contribution >= 4 is 29.3 Å². The van der Waals surface area contributed by atoms with Crippen molar-refractivity contribution in [1.29, 1.82) is 0 Å². The summed E-state index contributed by atoms with van der Waals surface area (Å²) in [5.74, 6) is -2.10. The van der Waals surface area contributed by atoms with Crippen LogP contribution in [0.1, 0.15) is 12.1 Å². The molecule has 10 heteroatoms. The number of amides is 2. The van der Waals surface area contributed by atoms with Crippen molar-refractivity contribution < 1.29 is 24.2 Å². The molecular formula is C10H13N3O6S. The Morgan fingerprint density at radius 1 is 1.50 bits per heavy atom. The predicted molar refractivity (Wildman–Crippen MR) is 68.4 cm³/mol. The number of esters is 1. The van der Waals surface area contributed by atoms with Gasteiger partial charge in [0.2, 0.25) is 0 Å². The maximum absolute atomic E-state index is 11.5. The number of hydrogen-bond donors (Lipinski definition) is 4. The monoisotopic (exact) mass is 303 g/mol. The highest BCUT2D eigenvalue weighted by Crippen LogP contribution is 1.97. The Balaban J connectivity index is 2.47. The van der Waals surface area contributed by atoms with Crippen molar-refractivity contribution in [3.05, 3.63) is 20.7 Å². The SMILES string of the molecule is COC(=O)C[C@H](NC(=O)NCc1csc(=O)[nH]1)C(=O)O. The highest BCUT2D eigenvalue weighted by Gasteiger charge is 2.23. The van der Waals surface area contributed by atoms with Crippen LogP contribution in [0.25, 0.3) is 0 Å². The summed E-state index contributed by atoms with van der Waals surface area (Å²) in [6.07, 6.45) is -0.478. The molecule has 2 amide bonds. The van der Waals surface area contributed by atoms with Crippen LogP contribution in [0.4, 0.5) is 4.79 Å². The molecule has 0 aliphatic heterocycles. The van der Waals surface area contributed by atoms with Gasteiger partial charge in [0.1, 0.15) is 6.04 Å². The van der Waals surface area contributed by atoms with Crippen LogP contribution < -0.4 is 15.5 Å². The maximum Gasteiger partial charge on any atom is 0.326 e. The smallest absolute Gasteiger partial charge is 0.326 e. The molecule has 0 aliphatic carbocycles. The number of carbonyl (C=O) groups is 3. The van der Waals surface area contributed by atoms with Crippen LogP contribution in [0.3, 0.4) is 0 Å². The van der Waals surface area contributed by atoms with Gasteiger partial charge in [-0.3, -0.25) is 9.59 Å². The Morgan fingerprint density at radius 3 is 2.70 bits per heavy atom. The third-order valence-corrected chi connectivity index (χ3v) is 2.93. The Bertz CT molecular complexity index is 551. The maximum atomic E-state index is 11.5. The van der Waals surface area contributed by atoms with Crippen LogP contribution in [0, 0.1) is 0 Å². The Hall–Kier alpha value is -2.36. The van der Waals surface area contributed by atoms with Gasteiger partial charge < -0.3 is 25.5 Å². The van der Waals surface area contributed by atoms with Gasteiger partial charge in [0.25, 0.3) is 0 Å². The van der Waals surface area contributed by atoms with Crippen LogP contribution >= 0.6 is 11.3 Å². The van der Waals surface area contributed by atoms with E-state index < -0.39 is 30.4 Å². The van der Waals surface area contributed by atoms with Crippen LogP contribution in [0.5, 0.6) is 0 Å². The average Bonchev–Trinajstić information content (AvgIpc) is 2.81. The van der Waals surface area contributed by atoms with Gasteiger partial charge in [-0.05, 0) is 0 Å². The zero-order chi connectivity index (χ0) is 15.1. The summed E-state index contributed by atoms with van der Waals surface area (Å²) < 4.78 is 4.33. The second kappa shape index (κ2) is 7.28. The van der Waals surface area contributed by atoms with Crippen molar-refractivity contribution in [3.63, 3.8) is 0 Å². The lowest BCUT2D eigenvalue weighted by Gasteiger charge is -2.13. The third kappa shape index (κ3) is 5.10. The number of carbonyl (C=O) groups excluding carboxylic acids is 2. The molecule has 4 N–H and O–H groups in total. The fourth-order valence-corrected chi connectivity index (χ4v) is 1.82. The first kappa shape index (κ1) is 15.7. The van der Waals surface area contributed by atoms with Crippen molar-refractivity contribution in [1.82, 2.24) is 15.6 Å². The first-order valence-corrected chi connectivity index (χ1v) is 6.31. The van der Waals surface area contributed by atoms with Crippen molar-refractivity contribution in [2.75, 3.05) is 7.11 Å². The van der Waals surface area contributed by atoms with E-state index in [0.29, 0.717) is 5.69 Å². The summed E-state index contributed by atoms with van der Waals surface area (Å²) in [5.41, 5.74) is 0.495. The van der Waals surface area contributed by atoms with Gasteiger partial charge >= 0.3 is 22.8 Å². The summed E-state index contributed by atoms with van der Waals surface area (Å²) in [7, 11) is 1.12. The van der Waals surface area contributed by atoms with E-state index in [-0.39, 0.29) is 11.4 Å². The lowest BCUT2D eigenvalue weighted by atomic mass is 10.2. The molecule has 0 aliphatic rings. The number of nitrogens with one attached hydrogen (secondary N) is 3. The van der Waals surface area contributed by atoms with Gasteiger partial charge in [0.05, 0.1) is 20.1 Å². The molecule has 1 rings (SSSR count). The van der Waals surface area contributed by atoms with E-state index in [4.69, 9.17) is 5.11 Å². The lowest BCUT2D eigenvalue weighted by Crippen LogP contribution is -2.46. The molecule has 0 aromatic carbocycles. The molecule has 1 aromatic heterocycles. The highest BCUT2D eigenvalue weighted by atomic mass is 32.1. The van der Waals surface area contributed by atoms with Crippen molar-refractivity contribution in [3.8, 4) is 0 Å². The number of ether oxygens (including phenoxy) is 1. The van der Waals surface area contributed by atoms with E-state index in [0.717, 1.165) is 18.4 Å². The topological polar surface area (TPSA) is 138 Å². The molecule has 1 heterocycles. The van der Waals surface area contributed by atoms with E-state index in [1.54, 1.807) is 0 Å². The Morgan fingerprint density at radius 2 is 2.20 bits per heavy atom. The number of aromatic nitrogens is 1. The van der Waals surface area contributed by atoms with E-state index in [1.807, 2.05) is 0 Å². The molecule has 0 spiro atoms. The molecule has 0 saturated carbocycles. The highest BCUT2D eigenvalue weighted by molar-refractivity contribution is 7.07. The van der Waals surface area contributed by atoms with Gasteiger partial charge in [-0.2, -0.15) is 0 Å². The minimum Gasteiger partial charge on any atom is -0.480 e. The quantitative estimate of drug-likeness (QED) is 0.510. The Kier molecular flexibility index (Phi) is 5.72. The molecule has 0 fully saturated rings. The fourth-order valence-electron chi connectivity index (χ4n) is 1.24. The van der Waals surface area contributed by atoms with Crippen LogP contribution in [-0.4, -0.2) is 41.2 Å². The standard InChI is InChI=1S/C10H13N3O6S/c1-19-7(14)2-6(8(15)16)13-9(17)11-3-5-4-20-10(18)12-5/h4,6H,2-3H2,1H3,(H,12,18)(H,15,16)(H2,11,13,17)/t6-/m0/s1. The molecule has 0 radical (unpaired) electrons. The minimum atomic E-state index is -1.39. The Labute approximate surface area is 116 Å². The fraction of sp³-hybridized carbons (Fsp3) is 0.400. The predicted octanol–water partition coefficient (Wildman–Crippen LogP) is -0.748. The van der Waals surface area contributed by atoms with Gasteiger partial charge in [-0.25, -0.2) is 9.59 Å². The normalized spacial score (nSPS) is 11.4. The van der Waals surface area contributed by atoms with E-state index >= 15 is 0 Å². The van der Waals surface area contributed by atoms with Gasteiger partial charge in [0, 0.05) is 11.1 Å². The van der Waals surface area contributed by atoms with Gasteiger partial charge in [0.15, 0.2) is 0 Å². The number of thiazole rings is 1. The number of hydrogen-bond acceptors (Lipinski definition) is 6. The van der Waals surface area contributed by atoms with Crippen LogP contribution in [0.15, 0.2) is 10.2 Å². The summed E-state index contributed by atoms with van der Waals surface area (Å²) in [5, 5.41) is 14.9. The summed E-state index contributed by atoms with van der Waals surface area (Å²) in [4.78, 5) is 46.4. The van der Waals surface area contributed by atoms with E-state index in [2.05, 4.69) is 20.4 Å². The first-order chi connectivity index (χ1) is 9.42. The van der Waals surface area contributed by atoms with Gasteiger partial charge in [-0.15, -0.1) is 0 Å². The second-order valence-electron chi connectivity index (χ2n) is 3.67. The molecule has 1 atom stereocenters. The number of aromatic amines is 1. The van der Waals surface area contributed by atoms with Crippen molar-refractivity contribution in [2.24, 2.45) is 0 Å². The molecule has 0 unspecified atom stereocenters. The molecule has 110 valence electrons. The van der Waals surface area contributed by atoms with E-state index in [1.165, 1.54) is 5.38 Å². The zero-order valence-electron chi connectivity index (χ0n) is 10.5. The number of rotatable bonds is 6. The molecular weight excluding hydrogens is 290 g/mol. The molecule has 0 bridgehead atoms. The summed E-state index contributed by atoms with van der Waals surface area (Å²) in [6.45, 7) is 0.0368.